The molecule has 1 amide bonds. The average Bonchev–Trinajstić information content (AvgIpc) is 2.55. The molecule has 0 saturated carbocycles. The quantitative estimate of drug-likeness (QED) is 0.866. The number of piperazine rings is 1. The summed E-state index contributed by atoms with van der Waals surface area (Å²) in [5.41, 5.74) is 2.33. The van der Waals surface area contributed by atoms with Gasteiger partial charge in [0.15, 0.2) is 0 Å². The van der Waals surface area contributed by atoms with E-state index < -0.39 is 0 Å². The summed E-state index contributed by atoms with van der Waals surface area (Å²) in [5.74, 6) is 0.709. The van der Waals surface area contributed by atoms with E-state index in [0.717, 1.165) is 37.6 Å². The predicted molar refractivity (Wildman–Crippen MR) is 94.9 cm³/mol. The number of nitrogens with one attached hydrogen (secondary N) is 1. The van der Waals surface area contributed by atoms with Crippen LogP contribution in [0.5, 0.6) is 0 Å². The van der Waals surface area contributed by atoms with Gasteiger partial charge in [0.1, 0.15) is 5.82 Å². The number of aromatic nitrogens is 2. The zero-order valence-corrected chi connectivity index (χ0v) is 14.5. The number of halogens is 1. The van der Waals surface area contributed by atoms with E-state index in [0.29, 0.717) is 11.4 Å². The van der Waals surface area contributed by atoms with Gasteiger partial charge in [0, 0.05) is 49.2 Å². The minimum atomic E-state index is 0.0792. The van der Waals surface area contributed by atoms with Gasteiger partial charge in [-0.3, -0.25) is 4.79 Å². The lowest BCUT2D eigenvalue weighted by Gasteiger charge is -2.32. The van der Waals surface area contributed by atoms with Gasteiger partial charge in [-0.05, 0) is 49.8 Å². The lowest BCUT2D eigenvalue weighted by molar-refractivity contribution is 0.0664. The van der Waals surface area contributed by atoms with Crippen molar-refractivity contribution in [3.05, 3.63) is 46.9 Å². The Balaban J connectivity index is 1.67. The molecule has 0 unspecified atom stereocenters. The fraction of sp³-hybridized carbons (Fsp3) is 0.353. The van der Waals surface area contributed by atoms with E-state index >= 15 is 0 Å². The van der Waals surface area contributed by atoms with E-state index in [9.17, 15) is 4.79 Å². The summed E-state index contributed by atoms with van der Waals surface area (Å²) >= 11 is 5.86. The normalized spacial score (nSPS) is 15.4. The highest BCUT2D eigenvalue weighted by Crippen LogP contribution is 2.18. The maximum absolute atomic E-state index is 12.5. The molecule has 1 fully saturated rings. The second-order valence-corrected chi connectivity index (χ2v) is 6.30. The van der Waals surface area contributed by atoms with Crippen molar-refractivity contribution >= 4 is 29.0 Å². The van der Waals surface area contributed by atoms with Crippen LogP contribution < -0.4 is 5.32 Å². The third-order valence-corrected chi connectivity index (χ3v) is 4.19. The fourth-order valence-corrected chi connectivity index (χ4v) is 2.86. The highest BCUT2D eigenvalue weighted by Gasteiger charge is 2.20. The van der Waals surface area contributed by atoms with Gasteiger partial charge in [0.05, 0.1) is 0 Å². The minimum absolute atomic E-state index is 0.0792. The third kappa shape index (κ3) is 4.01. The second-order valence-electron chi connectivity index (χ2n) is 5.96. The van der Waals surface area contributed by atoms with Crippen molar-refractivity contribution in [3.8, 4) is 0 Å². The number of rotatable bonds is 3. The summed E-state index contributed by atoms with van der Waals surface area (Å²) in [4.78, 5) is 24.8. The standard InChI is InChI=1S/C17H20ClN5O/c1-12-11-15(21-17(18)19-12)20-14-5-3-13(4-6-14)16(24)23-9-7-22(2)8-10-23/h3-6,11H,7-10H2,1-2H3,(H,19,20,21). The topological polar surface area (TPSA) is 61.4 Å². The Morgan fingerprint density at radius 2 is 1.79 bits per heavy atom. The molecule has 2 aromatic rings. The van der Waals surface area contributed by atoms with E-state index in [1.807, 2.05) is 42.2 Å². The molecular formula is C17H20ClN5O. The highest BCUT2D eigenvalue weighted by molar-refractivity contribution is 6.28. The van der Waals surface area contributed by atoms with Crippen molar-refractivity contribution in [3.63, 3.8) is 0 Å². The van der Waals surface area contributed by atoms with Gasteiger partial charge >= 0.3 is 0 Å². The molecule has 2 heterocycles. The Morgan fingerprint density at radius 1 is 1.12 bits per heavy atom. The number of benzene rings is 1. The molecule has 0 spiro atoms. The van der Waals surface area contributed by atoms with Crippen molar-refractivity contribution < 1.29 is 4.79 Å². The van der Waals surface area contributed by atoms with Crippen LogP contribution >= 0.6 is 11.6 Å². The summed E-state index contributed by atoms with van der Waals surface area (Å²) in [6, 6.07) is 9.22. The lowest BCUT2D eigenvalue weighted by Crippen LogP contribution is -2.47. The van der Waals surface area contributed by atoms with Crippen LogP contribution in [0, 0.1) is 6.92 Å². The van der Waals surface area contributed by atoms with Gasteiger partial charge in [0.25, 0.3) is 5.91 Å². The van der Waals surface area contributed by atoms with E-state index in [-0.39, 0.29) is 11.2 Å². The fourth-order valence-electron chi connectivity index (χ4n) is 2.63. The first kappa shape index (κ1) is 16.7. The molecule has 24 heavy (non-hydrogen) atoms. The number of hydrogen-bond donors (Lipinski definition) is 1. The molecule has 1 aliphatic heterocycles. The first-order chi connectivity index (χ1) is 11.5. The number of likely N-dealkylation sites (N-methyl/N-ethyl adjacent to an activating group) is 1. The van der Waals surface area contributed by atoms with Crippen LogP contribution in [0.15, 0.2) is 30.3 Å². The van der Waals surface area contributed by atoms with Gasteiger partial charge in [-0.2, -0.15) is 0 Å². The van der Waals surface area contributed by atoms with E-state index in [1.165, 1.54) is 0 Å². The van der Waals surface area contributed by atoms with Crippen molar-refractivity contribution in [1.82, 2.24) is 19.8 Å². The minimum Gasteiger partial charge on any atom is -0.340 e. The average molecular weight is 346 g/mol. The lowest BCUT2D eigenvalue weighted by atomic mass is 10.1. The largest absolute Gasteiger partial charge is 0.340 e. The van der Waals surface area contributed by atoms with Crippen LogP contribution in [0.1, 0.15) is 16.1 Å². The first-order valence-electron chi connectivity index (χ1n) is 7.87. The van der Waals surface area contributed by atoms with Gasteiger partial charge in [-0.1, -0.05) is 0 Å². The zero-order chi connectivity index (χ0) is 17.1. The Hall–Kier alpha value is -2.18. The summed E-state index contributed by atoms with van der Waals surface area (Å²) in [6.45, 7) is 5.23. The molecule has 3 rings (SSSR count). The Labute approximate surface area is 146 Å². The molecule has 0 aliphatic carbocycles. The molecule has 0 radical (unpaired) electrons. The summed E-state index contributed by atoms with van der Waals surface area (Å²) < 4.78 is 0. The third-order valence-electron chi connectivity index (χ3n) is 4.02. The molecule has 126 valence electrons. The highest BCUT2D eigenvalue weighted by atomic mass is 35.5. The summed E-state index contributed by atoms with van der Waals surface area (Å²) in [5, 5.41) is 3.38. The number of carbonyl (C=O) groups excluding carboxylic acids is 1. The molecular weight excluding hydrogens is 326 g/mol. The van der Waals surface area contributed by atoms with Crippen LogP contribution in [-0.4, -0.2) is 58.9 Å². The molecule has 1 aromatic carbocycles. The first-order valence-corrected chi connectivity index (χ1v) is 8.25. The van der Waals surface area contributed by atoms with Crippen LogP contribution in [0.2, 0.25) is 5.28 Å². The Kier molecular flexibility index (Phi) is 4.97. The number of anilines is 2. The van der Waals surface area contributed by atoms with Gasteiger partial charge in [-0.25, -0.2) is 9.97 Å². The van der Waals surface area contributed by atoms with Crippen LogP contribution in [0.25, 0.3) is 0 Å². The molecule has 0 bridgehead atoms. The smallest absolute Gasteiger partial charge is 0.253 e. The van der Waals surface area contributed by atoms with Crippen LogP contribution in [0.3, 0.4) is 0 Å². The Morgan fingerprint density at radius 3 is 2.42 bits per heavy atom. The Bertz CT molecular complexity index is 706. The number of hydrogen-bond acceptors (Lipinski definition) is 5. The molecule has 7 heteroatoms. The maximum Gasteiger partial charge on any atom is 0.253 e. The molecule has 1 N–H and O–H groups in total. The number of aryl methyl sites for hydroxylation is 1. The predicted octanol–water partition coefficient (Wildman–Crippen LogP) is 2.57. The summed E-state index contributed by atoms with van der Waals surface area (Å²) in [6.07, 6.45) is 0. The summed E-state index contributed by atoms with van der Waals surface area (Å²) in [7, 11) is 2.07. The molecule has 0 atom stereocenters. The zero-order valence-electron chi connectivity index (χ0n) is 13.8. The number of nitrogens with zero attached hydrogens (tertiary/aromatic N) is 4. The van der Waals surface area contributed by atoms with Gasteiger partial charge in [-0.15, -0.1) is 0 Å². The number of amides is 1. The molecule has 6 nitrogen and oxygen atoms in total. The molecule has 1 aliphatic rings. The molecule has 1 aromatic heterocycles. The number of carbonyl (C=O) groups is 1. The SMILES string of the molecule is Cc1cc(Nc2ccc(C(=O)N3CCN(C)CC3)cc2)nc(Cl)n1. The second kappa shape index (κ2) is 7.15. The van der Waals surface area contributed by atoms with E-state index in [2.05, 4.69) is 27.2 Å². The van der Waals surface area contributed by atoms with Crippen molar-refractivity contribution in [2.24, 2.45) is 0 Å². The molecule has 1 saturated heterocycles. The monoisotopic (exact) mass is 345 g/mol. The van der Waals surface area contributed by atoms with Crippen LogP contribution in [-0.2, 0) is 0 Å². The van der Waals surface area contributed by atoms with Gasteiger partial charge in [0.2, 0.25) is 5.28 Å². The van der Waals surface area contributed by atoms with Crippen molar-refractivity contribution in [1.29, 1.82) is 0 Å². The van der Waals surface area contributed by atoms with Gasteiger partial charge < -0.3 is 15.1 Å². The van der Waals surface area contributed by atoms with E-state index in [1.54, 1.807) is 0 Å². The van der Waals surface area contributed by atoms with Crippen LogP contribution in [0.4, 0.5) is 11.5 Å². The van der Waals surface area contributed by atoms with Crippen molar-refractivity contribution in [2.75, 3.05) is 38.5 Å². The van der Waals surface area contributed by atoms with E-state index in [4.69, 9.17) is 11.6 Å². The maximum atomic E-state index is 12.5. The van der Waals surface area contributed by atoms with Crippen molar-refractivity contribution in [2.45, 2.75) is 6.92 Å².